The number of rotatable bonds is 5. The van der Waals surface area contributed by atoms with Gasteiger partial charge in [-0.25, -0.2) is 19.6 Å². The molecule has 3 aromatic rings. The first kappa shape index (κ1) is 18.9. The molecule has 5 rings (SSSR count). The zero-order chi connectivity index (χ0) is 20.7. The van der Waals surface area contributed by atoms with Gasteiger partial charge in [-0.1, -0.05) is 0 Å². The Morgan fingerprint density at radius 2 is 1.77 bits per heavy atom. The summed E-state index contributed by atoms with van der Waals surface area (Å²) in [7, 11) is 1.60. The van der Waals surface area contributed by atoms with Crippen molar-refractivity contribution >= 4 is 5.82 Å². The molecule has 0 spiro atoms. The average molecular weight is 406 g/mol. The molecular weight excluding hydrogens is 380 g/mol. The zero-order valence-corrected chi connectivity index (χ0v) is 17.6. The number of aromatic nitrogens is 6. The molecule has 0 aromatic carbocycles. The van der Waals surface area contributed by atoms with Gasteiger partial charge in [-0.15, -0.1) is 0 Å². The Hall–Kier alpha value is -3.07. The molecular formula is C21H26N8O. The van der Waals surface area contributed by atoms with E-state index >= 15 is 0 Å². The van der Waals surface area contributed by atoms with Crippen molar-refractivity contribution < 1.29 is 4.74 Å². The summed E-state index contributed by atoms with van der Waals surface area (Å²) in [4.78, 5) is 22.4. The molecule has 0 bridgehead atoms. The quantitative estimate of drug-likeness (QED) is 0.632. The predicted octanol–water partition coefficient (Wildman–Crippen LogP) is 1.65. The molecule has 0 radical (unpaired) electrons. The average Bonchev–Trinajstić information content (AvgIpc) is 3.41. The van der Waals surface area contributed by atoms with Crippen LogP contribution in [-0.4, -0.2) is 67.9 Å². The van der Waals surface area contributed by atoms with E-state index in [1.807, 2.05) is 30.7 Å². The van der Waals surface area contributed by atoms with Gasteiger partial charge in [0, 0.05) is 50.7 Å². The molecule has 30 heavy (non-hydrogen) atoms. The van der Waals surface area contributed by atoms with Crippen molar-refractivity contribution in [3.8, 4) is 11.8 Å². The van der Waals surface area contributed by atoms with Gasteiger partial charge in [0.15, 0.2) is 5.82 Å². The molecule has 2 atom stereocenters. The molecule has 0 N–H and O–H groups in total. The molecule has 9 heteroatoms. The van der Waals surface area contributed by atoms with Gasteiger partial charge in [-0.3, -0.25) is 4.90 Å². The maximum Gasteiger partial charge on any atom is 0.316 e. The van der Waals surface area contributed by atoms with E-state index in [2.05, 4.69) is 40.9 Å². The van der Waals surface area contributed by atoms with Gasteiger partial charge < -0.3 is 9.64 Å². The maximum atomic E-state index is 5.14. The molecule has 2 aliphatic rings. The largest absolute Gasteiger partial charge is 0.467 e. The molecule has 2 aliphatic heterocycles. The molecule has 3 aromatic heterocycles. The van der Waals surface area contributed by atoms with Crippen LogP contribution in [-0.2, 0) is 6.54 Å². The lowest BCUT2D eigenvalue weighted by Crippen LogP contribution is -2.29. The summed E-state index contributed by atoms with van der Waals surface area (Å²) in [6, 6.07) is 6.50. The van der Waals surface area contributed by atoms with Crippen LogP contribution < -0.4 is 9.64 Å². The number of fused-ring (bicyclic) bond motifs is 1. The third kappa shape index (κ3) is 3.60. The Morgan fingerprint density at radius 3 is 2.47 bits per heavy atom. The minimum Gasteiger partial charge on any atom is -0.467 e. The van der Waals surface area contributed by atoms with Crippen LogP contribution in [0.1, 0.15) is 17.1 Å². The Bertz CT molecular complexity index is 1040. The summed E-state index contributed by atoms with van der Waals surface area (Å²) in [6.45, 7) is 9.05. The predicted molar refractivity (Wildman–Crippen MR) is 112 cm³/mol. The van der Waals surface area contributed by atoms with Gasteiger partial charge >= 0.3 is 6.01 Å². The standard InChI is InChI=1S/C21H26N8O/c1-14-6-15(2)29(26-14)20-7-19(23-13-24-20)28-10-16-8-27(9-17(16)11-28)12-18-4-5-22-21(25-18)30-3/h4-7,13,16-17H,8-12H2,1-3H3. The van der Waals surface area contributed by atoms with Gasteiger partial charge in [0.05, 0.1) is 18.5 Å². The minimum absolute atomic E-state index is 0.431. The van der Waals surface area contributed by atoms with E-state index < -0.39 is 0 Å². The van der Waals surface area contributed by atoms with Crippen LogP contribution in [0.2, 0.25) is 0 Å². The molecule has 9 nitrogen and oxygen atoms in total. The fourth-order valence-electron chi connectivity index (χ4n) is 4.68. The monoisotopic (exact) mass is 406 g/mol. The van der Waals surface area contributed by atoms with Crippen molar-refractivity contribution in [1.29, 1.82) is 0 Å². The number of aryl methyl sites for hydroxylation is 2. The number of nitrogens with zero attached hydrogens (tertiary/aromatic N) is 8. The van der Waals surface area contributed by atoms with E-state index in [4.69, 9.17) is 4.74 Å². The number of hydrogen-bond donors (Lipinski definition) is 0. The van der Waals surface area contributed by atoms with Crippen LogP contribution in [0.15, 0.2) is 30.7 Å². The summed E-state index contributed by atoms with van der Waals surface area (Å²) in [5, 5.41) is 4.55. The first-order valence-electron chi connectivity index (χ1n) is 10.3. The van der Waals surface area contributed by atoms with Crippen LogP contribution in [0.3, 0.4) is 0 Å². The van der Waals surface area contributed by atoms with Crippen molar-refractivity contribution in [1.82, 2.24) is 34.6 Å². The van der Waals surface area contributed by atoms with E-state index in [9.17, 15) is 0 Å². The molecule has 2 fully saturated rings. The van der Waals surface area contributed by atoms with Gasteiger partial charge in [0.25, 0.3) is 0 Å². The molecule has 0 aliphatic carbocycles. The Kier molecular flexibility index (Phi) is 4.82. The first-order chi connectivity index (χ1) is 14.6. The van der Waals surface area contributed by atoms with Crippen LogP contribution >= 0.6 is 0 Å². The van der Waals surface area contributed by atoms with E-state index in [-0.39, 0.29) is 0 Å². The topological polar surface area (TPSA) is 85.1 Å². The molecule has 0 saturated carbocycles. The Labute approximate surface area is 175 Å². The number of methoxy groups -OCH3 is 1. The van der Waals surface area contributed by atoms with Crippen LogP contribution in [0.25, 0.3) is 5.82 Å². The molecule has 5 heterocycles. The van der Waals surface area contributed by atoms with Crippen LogP contribution in [0.5, 0.6) is 6.01 Å². The van der Waals surface area contributed by atoms with Crippen molar-refractivity contribution in [2.45, 2.75) is 20.4 Å². The third-order valence-electron chi connectivity index (χ3n) is 6.01. The highest BCUT2D eigenvalue weighted by Crippen LogP contribution is 2.34. The van der Waals surface area contributed by atoms with E-state index in [0.29, 0.717) is 17.8 Å². The fraction of sp³-hybridized carbons (Fsp3) is 0.476. The molecule has 0 amide bonds. The maximum absolute atomic E-state index is 5.14. The second-order valence-electron chi connectivity index (χ2n) is 8.23. The van der Waals surface area contributed by atoms with E-state index in [0.717, 1.165) is 61.4 Å². The number of anilines is 1. The minimum atomic E-state index is 0.431. The van der Waals surface area contributed by atoms with Crippen molar-refractivity contribution in [2.24, 2.45) is 11.8 Å². The fourth-order valence-corrected chi connectivity index (χ4v) is 4.68. The normalized spacial score (nSPS) is 21.2. The van der Waals surface area contributed by atoms with Gasteiger partial charge in [0.1, 0.15) is 12.1 Å². The summed E-state index contributed by atoms with van der Waals surface area (Å²) in [5.41, 5.74) is 3.07. The smallest absolute Gasteiger partial charge is 0.316 e. The zero-order valence-electron chi connectivity index (χ0n) is 17.6. The third-order valence-corrected chi connectivity index (χ3v) is 6.01. The summed E-state index contributed by atoms with van der Waals surface area (Å²) in [5.74, 6) is 3.08. The second kappa shape index (κ2) is 7.64. The highest BCUT2D eigenvalue weighted by Gasteiger charge is 2.40. The highest BCUT2D eigenvalue weighted by atomic mass is 16.5. The highest BCUT2D eigenvalue weighted by molar-refractivity contribution is 5.45. The van der Waals surface area contributed by atoms with Crippen molar-refractivity contribution in [3.63, 3.8) is 0 Å². The summed E-state index contributed by atoms with van der Waals surface area (Å²) < 4.78 is 7.03. The first-order valence-corrected chi connectivity index (χ1v) is 10.3. The SMILES string of the molecule is COc1nccc(CN2CC3CN(c4cc(-n5nc(C)cc5C)ncn4)CC3C2)n1. The number of ether oxygens (including phenoxy) is 1. The molecule has 2 unspecified atom stereocenters. The molecule has 156 valence electrons. The summed E-state index contributed by atoms with van der Waals surface area (Å²) >= 11 is 0. The van der Waals surface area contributed by atoms with Gasteiger partial charge in [0.2, 0.25) is 0 Å². The van der Waals surface area contributed by atoms with Gasteiger partial charge in [-0.05, 0) is 37.8 Å². The number of hydrogen-bond acceptors (Lipinski definition) is 8. The van der Waals surface area contributed by atoms with Crippen LogP contribution in [0.4, 0.5) is 5.82 Å². The van der Waals surface area contributed by atoms with E-state index in [1.54, 1.807) is 19.6 Å². The van der Waals surface area contributed by atoms with Gasteiger partial charge in [-0.2, -0.15) is 10.1 Å². The number of likely N-dealkylation sites (tertiary alicyclic amines) is 1. The molecule has 2 saturated heterocycles. The Morgan fingerprint density at radius 1 is 1.00 bits per heavy atom. The lowest BCUT2D eigenvalue weighted by Gasteiger charge is -2.22. The van der Waals surface area contributed by atoms with Crippen LogP contribution in [0, 0.1) is 25.7 Å². The van der Waals surface area contributed by atoms with E-state index in [1.165, 1.54) is 0 Å². The Balaban J connectivity index is 1.25. The van der Waals surface area contributed by atoms with Crippen molar-refractivity contribution in [2.75, 3.05) is 38.2 Å². The lowest BCUT2D eigenvalue weighted by atomic mass is 10.0. The summed E-state index contributed by atoms with van der Waals surface area (Å²) in [6.07, 6.45) is 3.40. The van der Waals surface area contributed by atoms with Crippen molar-refractivity contribution in [3.05, 3.63) is 47.8 Å². The lowest BCUT2D eigenvalue weighted by molar-refractivity contribution is 0.301. The second-order valence-corrected chi connectivity index (χ2v) is 8.23.